The van der Waals surface area contributed by atoms with E-state index in [4.69, 9.17) is 37.3 Å². The van der Waals surface area contributed by atoms with Gasteiger partial charge in [-0.1, -0.05) is 23.2 Å². The lowest BCUT2D eigenvalue weighted by molar-refractivity contribution is -0.122. The molecular formula is C19H17Cl2N3O4. The zero-order valence-corrected chi connectivity index (χ0v) is 16.8. The van der Waals surface area contributed by atoms with Gasteiger partial charge >= 0.3 is 0 Å². The SMILES string of the molecule is COc1ccc(-c2nonc2NC(=O)C(C)Oc2ccc(Cl)cc2Cl)c(C)c1. The molecular weight excluding hydrogens is 405 g/mol. The normalized spacial score (nSPS) is 11.8. The maximum absolute atomic E-state index is 12.5. The van der Waals surface area contributed by atoms with Crippen molar-refractivity contribution in [2.75, 3.05) is 12.4 Å². The van der Waals surface area contributed by atoms with Crippen LogP contribution in [0.2, 0.25) is 10.0 Å². The Kier molecular flexibility index (Phi) is 6.06. The number of nitrogens with zero attached hydrogens (tertiary/aromatic N) is 2. The Balaban J connectivity index is 1.75. The van der Waals surface area contributed by atoms with Gasteiger partial charge in [0, 0.05) is 10.6 Å². The Morgan fingerprint density at radius 2 is 1.96 bits per heavy atom. The number of carbonyl (C=O) groups excluding carboxylic acids is 1. The lowest BCUT2D eigenvalue weighted by Gasteiger charge is -2.15. The third kappa shape index (κ3) is 4.37. The van der Waals surface area contributed by atoms with Crippen LogP contribution >= 0.6 is 23.2 Å². The van der Waals surface area contributed by atoms with Crippen molar-refractivity contribution in [3.63, 3.8) is 0 Å². The Labute approximate surface area is 171 Å². The van der Waals surface area contributed by atoms with Crippen molar-refractivity contribution in [3.05, 3.63) is 52.0 Å². The van der Waals surface area contributed by atoms with Crippen LogP contribution in [0.3, 0.4) is 0 Å². The molecule has 1 aromatic heterocycles. The van der Waals surface area contributed by atoms with Gasteiger partial charge in [0.25, 0.3) is 5.91 Å². The quantitative estimate of drug-likeness (QED) is 0.616. The Morgan fingerprint density at radius 1 is 1.18 bits per heavy atom. The Hall–Kier alpha value is -2.77. The number of ether oxygens (including phenoxy) is 2. The molecule has 0 bridgehead atoms. The predicted molar refractivity (Wildman–Crippen MR) is 106 cm³/mol. The van der Waals surface area contributed by atoms with Gasteiger partial charge in [-0.3, -0.25) is 4.79 Å². The van der Waals surface area contributed by atoms with Crippen LogP contribution in [-0.2, 0) is 4.79 Å². The Morgan fingerprint density at radius 3 is 2.64 bits per heavy atom. The number of aryl methyl sites for hydroxylation is 1. The fourth-order valence-electron chi connectivity index (χ4n) is 2.51. The number of nitrogens with one attached hydrogen (secondary N) is 1. The van der Waals surface area contributed by atoms with Crippen LogP contribution in [0.5, 0.6) is 11.5 Å². The lowest BCUT2D eigenvalue weighted by Crippen LogP contribution is -2.30. The summed E-state index contributed by atoms with van der Waals surface area (Å²) in [6.07, 6.45) is -0.847. The number of amides is 1. The first-order valence-corrected chi connectivity index (χ1v) is 9.04. The molecule has 1 heterocycles. The molecule has 0 saturated heterocycles. The van der Waals surface area contributed by atoms with Crippen LogP contribution in [0.1, 0.15) is 12.5 Å². The van der Waals surface area contributed by atoms with E-state index >= 15 is 0 Å². The first-order valence-electron chi connectivity index (χ1n) is 8.29. The summed E-state index contributed by atoms with van der Waals surface area (Å²) in [4.78, 5) is 12.5. The second-order valence-corrected chi connectivity index (χ2v) is 6.81. The molecule has 28 heavy (non-hydrogen) atoms. The van der Waals surface area contributed by atoms with Crippen molar-refractivity contribution in [3.8, 4) is 22.8 Å². The molecule has 0 aliphatic heterocycles. The summed E-state index contributed by atoms with van der Waals surface area (Å²) in [5.41, 5.74) is 2.06. The van der Waals surface area contributed by atoms with Crippen molar-refractivity contribution in [2.45, 2.75) is 20.0 Å². The van der Waals surface area contributed by atoms with E-state index < -0.39 is 12.0 Å². The van der Waals surface area contributed by atoms with Gasteiger partial charge in [0.05, 0.1) is 12.1 Å². The van der Waals surface area contributed by atoms with Gasteiger partial charge in [-0.2, -0.15) is 0 Å². The first-order chi connectivity index (χ1) is 13.4. The molecule has 1 N–H and O–H groups in total. The standard InChI is InChI=1S/C19H17Cl2N3O4/c1-10-8-13(26-3)5-6-14(10)17-18(24-28-23-17)22-19(25)11(2)27-16-7-4-12(20)9-15(16)21/h4-9,11H,1-3H3,(H,22,24,25). The van der Waals surface area contributed by atoms with E-state index in [1.807, 2.05) is 19.1 Å². The topological polar surface area (TPSA) is 86.5 Å². The maximum atomic E-state index is 12.5. The predicted octanol–water partition coefficient (Wildman–Crippen LogP) is 4.77. The van der Waals surface area contributed by atoms with Crippen molar-refractivity contribution in [2.24, 2.45) is 0 Å². The van der Waals surface area contributed by atoms with Crippen molar-refractivity contribution in [1.29, 1.82) is 0 Å². The van der Waals surface area contributed by atoms with Crippen LogP contribution in [0, 0.1) is 6.92 Å². The highest BCUT2D eigenvalue weighted by Gasteiger charge is 2.22. The molecule has 146 valence electrons. The molecule has 3 rings (SSSR count). The van der Waals surface area contributed by atoms with Gasteiger partial charge in [0.1, 0.15) is 11.5 Å². The highest BCUT2D eigenvalue weighted by molar-refractivity contribution is 6.35. The number of methoxy groups -OCH3 is 1. The van der Waals surface area contributed by atoms with E-state index in [1.54, 1.807) is 32.2 Å². The van der Waals surface area contributed by atoms with E-state index in [0.29, 0.717) is 27.2 Å². The number of aromatic nitrogens is 2. The summed E-state index contributed by atoms with van der Waals surface area (Å²) in [7, 11) is 1.59. The molecule has 7 nitrogen and oxygen atoms in total. The monoisotopic (exact) mass is 421 g/mol. The van der Waals surface area contributed by atoms with Gasteiger partial charge < -0.3 is 14.8 Å². The summed E-state index contributed by atoms with van der Waals surface area (Å²) >= 11 is 11.9. The minimum Gasteiger partial charge on any atom is -0.497 e. The second kappa shape index (κ2) is 8.50. The average molecular weight is 422 g/mol. The third-order valence-electron chi connectivity index (χ3n) is 3.99. The zero-order valence-electron chi connectivity index (χ0n) is 15.3. The van der Waals surface area contributed by atoms with E-state index in [2.05, 4.69) is 15.6 Å². The number of rotatable bonds is 6. The number of hydrogen-bond donors (Lipinski definition) is 1. The molecule has 3 aromatic rings. The number of benzene rings is 2. The molecule has 0 aliphatic carbocycles. The molecule has 1 amide bonds. The first kappa shape index (κ1) is 20.0. The number of hydrogen-bond acceptors (Lipinski definition) is 6. The molecule has 0 saturated carbocycles. The molecule has 0 radical (unpaired) electrons. The minimum absolute atomic E-state index is 0.191. The maximum Gasteiger partial charge on any atom is 0.266 e. The molecule has 0 aliphatic rings. The second-order valence-electron chi connectivity index (χ2n) is 5.97. The van der Waals surface area contributed by atoms with Crippen LogP contribution in [0.15, 0.2) is 41.0 Å². The third-order valence-corrected chi connectivity index (χ3v) is 4.52. The molecule has 0 fully saturated rings. The molecule has 9 heteroatoms. The zero-order chi connectivity index (χ0) is 20.3. The molecule has 1 unspecified atom stereocenters. The highest BCUT2D eigenvalue weighted by Crippen LogP contribution is 2.31. The summed E-state index contributed by atoms with van der Waals surface area (Å²) < 4.78 is 15.6. The molecule has 0 spiro atoms. The number of anilines is 1. The van der Waals surface area contributed by atoms with Crippen molar-refractivity contribution < 1.29 is 18.9 Å². The lowest BCUT2D eigenvalue weighted by atomic mass is 10.1. The summed E-state index contributed by atoms with van der Waals surface area (Å²) in [5.74, 6) is 0.813. The van der Waals surface area contributed by atoms with Crippen molar-refractivity contribution in [1.82, 2.24) is 10.3 Å². The number of halogens is 2. The van der Waals surface area contributed by atoms with Gasteiger partial charge in [0.2, 0.25) is 5.82 Å². The van der Waals surface area contributed by atoms with E-state index in [0.717, 1.165) is 11.1 Å². The van der Waals surface area contributed by atoms with Crippen molar-refractivity contribution >= 4 is 34.9 Å². The Bertz CT molecular complexity index is 1010. The number of carbonyl (C=O) groups is 1. The summed E-state index contributed by atoms with van der Waals surface area (Å²) in [5, 5.41) is 11.1. The fraction of sp³-hybridized carbons (Fsp3) is 0.211. The van der Waals surface area contributed by atoms with Crippen LogP contribution < -0.4 is 14.8 Å². The minimum atomic E-state index is -0.847. The smallest absolute Gasteiger partial charge is 0.266 e. The summed E-state index contributed by atoms with van der Waals surface area (Å²) in [6.45, 7) is 3.48. The fourth-order valence-corrected chi connectivity index (χ4v) is 2.96. The van der Waals surface area contributed by atoms with Gasteiger partial charge in [-0.05, 0) is 66.1 Å². The van der Waals surface area contributed by atoms with Gasteiger partial charge in [0.15, 0.2) is 11.8 Å². The van der Waals surface area contributed by atoms with Crippen LogP contribution in [0.25, 0.3) is 11.3 Å². The van der Waals surface area contributed by atoms with E-state index in [9.17, 15) is 4.79 Å². The largest absolute Gasteiger partial charge is 0.497 e. The molecule has 1 atom stereocenters. The van der Waals surface area contributed by atoms with Crippen LogP contribution in [-0.4, -0.2) is 29.4 Å². The van der Waals surface area contributed by atoms with E-state index in [1.165, 1.54) is 6.07 Å². The van der Waals surface area contributed by atoms with E-state index in [-0.39, 0.29) is 5.82 Å². The molecule has 2 aromatic carbocycles. The van der Waals surface area contributed by atoms with Crippen LogP contribution in [0.4, 0.5) is 5.82 Å². The highest BCUT2D eigenvalue weighted by atomic mass is 35.5. The van der Waals surface area contributed by atoms with Gasteiger partial charge in [-0.25, -0.2) is 4.63 Å². The van der Waals surface area contributed by atoms with Gasteiger partial charge in [-0.15, -0.1) is 0 Å². The average Bonchev–Trinajstić information content (AvgIpc) is 3.11. The summed E-state index contributed by atoms with van der Waals surface area (Å²) in [6, 6.07) is 10.2.